The Kier molecular flexibility index (Phi) is 5.65. The second-order valence-electron chi connectivity index (χ2n) is 8.61. The summed E-state index contributed by atoms with van der Waals surface area (Å²) in [5, 5.41) is 8.55. The molecule has 2 aliphatic rings. The average Bonchev–Trinajstić information content (AvgIpc) is 3.57. The van der Waals surface area contributed by atoms with E-state index in [-0.39, 0.29) is 5.91 Å². The molecule has 3 aromatic rings. The minimum Gasteiger partial charge on any atom is -0.335 e. The van der Waals surface area contributed by atoms with Crippen LogP contribution in [0.4, 0.5) is 13.2 Å². The molecular weight excluding hydrogens is 431 g/mol. The lowest BCUT2D eigenvalue weighted by atomic mass is 10.1. The molecule has 0 spiro atoms. The summed E-state index contributed by atoms with van der Waals surface area (Å²) >= 11 is 0. The van der Waals surface area contributed by atoms with Crippen molar-refractivity contribution < 1.29 is 18.0 Å². The Morgan fingerprint density at radius 1 is 0.939 bits per heavy atom. The van der Waals surface area contributed by atoms with Crippen molar-refractivity contribution in [2.24, 2.45) is 0 Å². The third kappa shape index (κ3) is 4.64. The molecule has 1 aliphatic heterocycles. The van der Waals surface area contributed by atoms with E-state index in [2.05, 4.69) is 15.2 Å². The normalized spacial score (nSPS) is 17.4. The van der Waals surface area contributed by atoms with Crippen LogP contribution in [0.2, 0.25) is 0 Å². The van der Waals surface area contributed by atoms with E-state index in [1.807, 2.05) is 30.3 Å². The fourth-order valence-electron chi connectivity index (χ4n) is 4.24. The van der Waals surface area contributed by atoms with Crippen molar-refractivity contribution in [3.63, 3.8) is 0 Å². The molecule has 1 saturated heterocycles. The molecule has 172 valence electrons. The van der Waals surface area contributed by atoms with Crippen LogP contribution < -0.4 is 0 Å². The van der Waals surface area contributed by atoms with E-state index >= 15 is 0 Å². The quantitative estimate of drug-likeness (QED) is 0.581. The van der Waals surface area contributed by atoms with Crippen LogP contribution in [-0.2, 0) is 12.7 Å². The molecular formula is C24H24F3N5O. The summed E-state index contributed by atoms with van der Waals surface area (Å²) in [6.07, 6.45) is -2.27. The first kappa shape index (κ1) is 21.6. The minimum absolute atomic E-state index is 0.103. The van der Waals surface area contributed by atoms with Crippen LogP contribution in [0.15, 0.2) is 54.6 Å². The van der Waals surface area contributed by atoms with Gasteiger partial charge in [0.05, 0.1) is 16.9 Å². The molecule has 0 bridgehead atoms. The Balaban J connectivity index is 1.24. The second-order valence-corrected chi connectivity index (χ2v) is 8.61. The van der Waals surface area contributed by atoms with E-state index in [0.717, 1.165) is 41.9 Å². The van der Waals surface area contributed by atoms with Gasteiger partial charge < -0.3 is 4.90 Å². The minimum atomic E-state index is -4.33. The van der Waals surface area contributed by atoms with Crippen LogP contribution >= 0.6 is 0 Å². The number of hydrogen-bond donors (Lipinski definition) is 0. The molecule has 2 fully saturated rings. The van der Waals surface area contributed by atoms with Gasteiger partial charge in [-0.3, -0.25) is 9.69 Å². The average molecular weight is 455 g/mol. The lowest BCUT2D eigenvalue weighted by molar-refractivity contribution is -0.137. The van der Waals surface area contributed by atoms with Crippen LogP contribution in [0.1, 0.15) is 46.1 Å². The summed E-state index contributed by atoms with van der Waals surface area (Å²) < 4.78 is 40.1. The van der Waals surface area contributed by atoms with Crippen molar-refractivity contribution in [1.29, 1.82) is 0 Å². The Bertz CT molecular complexity index is 1120. The van der Waals surface area contributed by atoms with Gasteiger partial charge >= 0.3 is 6.18 Å². The number of amides is 1. The number of benzene rings is 2. The number of hydrogen-bond acceptors (Lipinski definition) is 4. The van der Waals surface area contributed by atoms with E-state index in [0.29, 0.717) is 44.3 Å². The van der Waals surface area contributed by atoms with E-state index in [4.69, 9.17) is 0 Å². The van der Waals surface area contributed by atoms with E-state index in [1.165, 1.54) is 12.1 Å². The number of rotatable bonds is 5. The van der Waals surface area contributed by atoms with Crippen molar-refractivity contribution in [2.45, 2.75) is 31.5 Å². The lowest BCUT2D eigenvalue weighted by Gasteiger charge is -2.34. The predicted octanol–water partition coefficient (Wildman–Crippen LogP) is 4.12. The zero-order valence-corrected chi connectivity index (χ0v) is 18.0. The topological polar surface area (TPSA) is 54.3 Å². The molecule has 6 nitrogen and oxygen atoms in total. The number of alkyl halides is 3. The van der Waals surface area contributed by atoms with Crippen LogP contribution in [0.25, 0.3) is 5.69 Å². The van der Waals surface area contributed by atoms with Gasteiger partial charge in [0.2, 0.25) is 0 Å². The third-order valence-corrected chi connectivity index (χ3v) is 6.22. The summed E-state index contributed by atoms with van der Waals surface area (Å²) in [6, 6.07) is 15.0. The van der Waals surface area contributed by atoms with Crippen LogP contribution in [0.3, 0.4) is 0 Å². The zero-order valence-electron chi connectivity index (χ0n) is 18.0. The van der Waals surface area contributed by atoms with Crippen molar-refractivity contribution in [2.75, 3.05) is 26.2 Å². The standard InChI is InChI=1S/C24H24F3N5O/c25-24(26,27)19-10-6-17(7-11-19)16-30-12-14-31(15-13-30)23(33)21-22(18-8-9-18)32(29-28-21)20-4-2-1-3-5-20/h1-7,10-11,18H,8-9,12-16H2. The van der Waals surface area contributed by atoms with Gasteiger partial charge in [-0.15, -0.1) is 5.10 Å². The molecule has 1 aliphatic carbocycles. The van der Waals surface area contributed by atoms with Gasteiger partial charge in [-0.1, -0.05) is 35.5 Å². The zero-order chi connectivity index (χ0) is 23.0. The number of aromatic nitrogens is 3. The summed E-state index contributed by atoms with van der Waals surface area (Å²) in [5.41, 5.74) is 2.39. The first-order valence-electron chi connectivity index (χ1n) is 11.1. The molecule has 33 heavy (non-hydrogen) atoms. The highest BCUT2D eigenvalue weighted by Crippen LogP contribution is 2.42. The number of nitrogens with zero attached hydrogens (tertiary/aromatic N) is 5. The van der Waals surface area contributed by atoms with Gasteiger partial charge in [0.25, 0.3) is 5.91 Å². The second kappa shape index (κ2) is 8.62. The van der Waals surface area contributed by atoms with Gasteiger partial charge in [0, 0.05) is 38.6 Å². The SMILES string of the molecule is O=C(c1nnn(-c2ccccc2)c1C1CC1)N1CCN(Cc2ccc(C(F)(F)F)cc2)CC1. The van der Waals surface area contributed by atoms with E-state index in [9.17, 15) is 18.0 Å². The monoisotopic (exact) mass is 455 g/mol. The number of piperazine rings is 1. The van der Waals surface area contributed by atoms with Crippen molar-refractivity contribution in [3.05, 3.63) is 77.1 Å². The van der Waals surface area contributed by atoms with Gasteiger partial charge in [0.15, 0.2) is 5.69 Å². The number of para-hydroxylation sites is 1. The number of carbonyl (C=O) groups is 1. The summed E-state index contributed by atoms with van der Waals surface area (Å²) in [4.78, 5) is 17.2. The van der Waals surface area contributed by atoms with E-state index < -0.39 is 11.7 Å². The Labute approximate surface area is 189 Å². The summed E-state index contributed by atoms with van der Waals surface area (Å²) in [7, 11) is 0. The first-order chi connectivity index (χ1) is 15.9. The van der Waals surface area contributed by atoms with Gasteiger partial charge in [-0.2, -0.15) is 13.2 Å². The number of carbonyl (C=O) groups excluding carboxylic acids is 1. The summed E-state index contributed by atoms with van der Waals surface area (Å²) in [5.74, 6) is 0.202. The molecule has 9 heteroatoms. The molecule has 5 rings (SSSR count). The maximum atomic E-state index is 13.3. The fraction of sp³-hybridized carbons (Fsp3) is 0.375. The first-order valence-corrected chi connectivity index (χ1v) is 11.1. The molecule has 0 N–H and O–H groups in total. The van der Waals surface area contributed by atoms with Crippen molar-refractivity contribution in [3.8, 4) is 5.69 Å². The molecule has 2 heterocycles. The predicted molar refractivity (Wildman–Crippen MR) is 116 cm³/mol. The highest BCUT2D eigenvalue weighted by atomic mass is 19.4. The Hall–Kier alpha value is -3.20. The van der Waals surface area contributed by atoms with Gasteiger partial charge in [-0.25, -0.2) is 4.68 Å². The Morgan fingerprint density at radius 2 is 1.61 bits per heavy atom. The lowest BCUT2D eigenvalue weighted by Crippen LogP contribution is -2.48. The van der Waals surface area contributed by atoms with E-state index in [1.54, 1.807) is 9.58 Å². The molecule has 1 aromatic heterocycles. The molecule has 0 unspecified atom stereocenters. The molecule has 0 atom stereocenters. The maximum Gasteiger partial charge on any atom is 0.416 e. The van der Waals surface area contributed by atoms with Crippen molar-refractivity contribution in [1.82, 2.24) is 24.8 Å². The van der Waals surface area contributed by atoms with Gasteiger partial charge in [-0.05, 0) is 42.7 Å². The highest BCUT2D eigenvalue weighted by Gasteiger charge is 2.36. The van der Waals surface area contributed by atoms with Gasteiger partial charge in [0.1, 0.15) is 0 Å². The Morgan fingerprint density at radius 3 is 2.21 bits per heavy atom. The molecule has 1 saturated carbocycles. The maximum absolute atomic E-state index is 13.3. The third-order valence-electron chi connectivity index (χ3n) is 6.22. The number of halogens is 3. The highest BCUT2D eigenvalue weighted by molar-refractivity contribution is 5.93. The summed E-state index contributed by atoms with van der Waals surface area (Å²) in [6.45, 7) is 2.94. The molecule has 0 radical (unpaired) electrons. The van der Waals surface area contributed by atoms with Crippen LogP contribution in [0.5, 0.6) is 0 Å². The van der Waals surface area contributed by atoms with Crippen LogP contribution in [-0.4, -0.2) is 56.9 Å². The van der Waals surface area contributed by atoms with Crippen LogP contribution in [0, 0.1) is 0 Å². The molecule has 2 aromatic carbocycles. The smallest absolute Gasteiger partial charge is 0.335 e. The largest absolute Gasteiger partial charge is 0.416 e. The fourth-order valence-corrected chi connectivity index (χ4v) is 4.24. The van der Waals surface area contributed by atoms with Crippen molar-refractivity contribution >= 4 is 5.91 Å². The molecule has 1 amide bonds.